The van der Waals surface area contributed by atoms with Crippen molar-refractivity contribution >= 4 is 0 Å². The second-order valence-corrected chi connectivity index (χ2v) is 3.38. The van der Waals surface area contributed by atoms with Crippen LogP contribution >= 0.6 is 0 Å². The first-order chi connectivity index (χ1) is 5.72. The largest absolute Gasteiger partial charge is 0.508 e. The van der Waals surface area contributed by atoms with Crippen molar-refractivity contribution in [3.63, 3.8) is 0 Å². The van der Waals surface area contributed by atoms with E-state index in [9.17, 15) is 0 Å². The molecule has 0 amide bonds. The van der Waals surface area contributed by atoms with Gasteiger partial charge in [0.15, 0.2) is 0 Å². The maximum absolute atomic E-state index is 9.05. The van der Waals surface area contributed by atoms with Crippen molar-refractivity contribution in [1.82, 2.24) is 0 Å². The normalized spacial score (nSPS) is 12.8. The Hall–Kier alpha value is -0.980. The van der Waals surface area contributed by atoms with Crippen molar-refractivity contribution in [1.29, 1.82) is 0 Å². The predicted molar refractivity (Wildman–Crippen MR) is 51.3 cm³/mol. The standard InChI is InChI=1S/C11H16O/c1-3-9(2)8-10-4-6-11(12)7-5-10/h4-7,9,12H,3,8H2,1-2H3/t9-/m0/s1. The number of phenols is 1. The molecule has 1 aromatic rings. The van der Waals surface area contributed by atoms with E-state index in [4.69, 9.17) is 5.11 Å². The molecule has 0 aliphatic heterocycles. The summed E-state index contributed by atoms with van der Waals surface area (Å²) in [4.78, 5) is 0. The first-order valence-electron chi connectivity index (χ1n) is 4.50. The van der Waals surface area contributed by atoms with Crippen molar-refractivity contribution in [2.45, 2.75) is 26.7 Å². The van der Waals surface area contributed by atoms with Gasteiger partial charge in [0.2, 0.25) is 0 Å². The molecule has 0 aliphatic carbocycles. The van der Waals surface area contributed by atoms with Gasteiger partial charge in [0.05, 0.1) is 0 Å². The average molecular weight is 164 g/mol. The van der Waals surface area contributed by atoms with Gasteiger partial charge in [-0.1, -0.05) is 32.4 Å². The molecule has 1 atom stereocenters. The van der Waals surface area contributed by atoms with E-state index in [0.29, 0.717) is 5.75 Å². The van der Waals surface area contributed by atoms with Crippen LogP contribution in [0.2, 0.25) is 0 Å². The maximum atomic E-state index is 9.05. The van der Waals surface area contributed by atoms with Crippen LogP contribution in [0.1, 0.15) is 25.8 Å². The van der Waals surface area contributed by atoms with Crippen molar-refractivity contribution in [3.05, 3.63) is 29.8 Å². The van der Waals surface area contributed by atoms with Gasteiger partial charge >= 0.3 is 0 Å². The quantitative estimate of drug-likeness (QED) is 0.728. The lowest BCUT2D eigenvalue weighted by molar-refractivity contribution is 0.474. The van der Waals surface area contributed by atoms with Crippen molar-refractivity contribution in [2.24, 2.45) is 5.92 Å². The molecule has 0 aliphatic rings. The van der Waals surface area contributed by atoms with Crippen molar-refractivity contribution in [3.8, 4) is 5.75 Å². The minimum atomic E-state index is 0.350. The topological polar surface area (TPSA) is 20.2 Å². The Kier molecular flexibility index (Phi) is 3.15. The average Bonchev–Trinajstić information content (AvgIpc) is 2.09. The number of hydrogen-bond donors (Lipinski definition) is 1. The molecule has 1 aromatic carbocycles. The van der Waals surface area contributed by atoms with Gasteiger partial charge in [-0.05, 0) is 30.0 Å². The van der Waals surface area contributed by atoms with Crippen LogP contribution in [0.15, 0.2) is 24.3 Å². The summed E-state index contributed by atoms with van der Waals surface area (Å²) in [6, 6.07) is 7.47. The smallest absolute Gasteiger partial charge is 0.115 e. The van der Waals surface area contributed by atoms with E-state index in [2.05, 4.69) is 13.8 Å². The molecule has 0 saturated heterocycles. The van der Waals surface area contributed by atoms with E-state index in [1.54, 1.807) is 12.1 Å². The highest BCUT2D eigenvalue weighted by atomic mass is 16.3. The van der Waals surface area contributed by atoms with Gasteiger partial charge < -0.3 is 5.11 Å². The Labute approximate surface area is 74.1 Å². The van der Waals surface area contributed by atoms with E-state index >= 15 is 0 Å². The predicted octanol–water partition coefficient (Wildman–Crippen LogP) is 2.98. The number of aromatic hydroxyl groups is 1. The third-order valence-corrected chi connectivity index (χ3v) is 2.22. The Balaban J connectivity index is 2.58. The summed E-state index contributed by atoms with van der Waals surface area (Å²) in [6.45, 7) is 4.44. The minimum Gasteiger partial charge on any atom is -0.508 e. The summed E-state index contributed by atoms with van der Waals surface area (Å²) in [5.41, 5.74) is 1.31. The Morgan fingerprint density at radius 2 is 1.83 bits per heavy atom. The molecule has 0 unspecified atom stereocenters. The fourth-order valence-electron chi connectivity index (χ4n) is 1.18. The number of rotatable bonds is 3. The second-order valence-electron chi connectivity index (χ2n) is 3.38. The van der Waals surface area contributed by atoms with E-state index in [0.717, 1.165) is 12.3 Å². The van der Waals surface area contributed by atoms with E-state index in [1.807, 2.05) is 12.1 Å². The molecule has 0 spiro atoms. The second kappa shape index (κ2) is 4.15. The van der Waals surface area contributed by atoms with Crippen LogP contribution in [0, 0.1) is 5.92 Å². The fourth-order valence-corrected chi connectivity index (χ4v) is 1.18. The number of benzene rings is 1. The molecule has 1 nitrogen and oxygen atoms in total. The summed E-state index contributed by atoms with van der Waals surface area (Å²) in [7, 11) is 0. The summed E-state index contributed by atoms with van der Waals surface area (Å²) in [5, 5.41) is 9.05. The molecule has 0 heterocycles. The maximum Gasteiger partial charge on any atom is 0.115 e. The highest BCUT2D eigenvalue weighted by molar-refractivity contribution is 5.26. The van der Waals surface area contributed by atoms with Crippen LogP contribution in [0.4, 0.5) is 0 Å². The SMILES string of the molecule is CC[C@H](C)Cc1ccc(O)cc1. The molecule has 0 saturated carbocycles. The zero-order valence-electron chi connectivity index (χ0n) is 7.75. The fraction of sp³-hybridized carbons (Fsp3) is 0.455. The lowest BCUT2D eigenvalue weighted by Gasteiger charge is -2.07. The number of hydrogen-bond acceptors (Lipinski definition) is 1. The molecule has 1 heteroatoms. The van der Waals surface area contributed by atoms with Gasteiger partial charge in [-0.15, -0.1) is 0 Å². The molecule has 1 rings (SSSR count). The first-order valence-corrected chi connectivity index (χ1v) is 4.50. The molecular formula is C11H16O. The molecule has 0 fully saturated rings. The van der Waals surface area contributed by atoms with E-state index in [1.165, 1.54) is 12.0 Å². The van der Waals surface area contributed by atoms with Crippen molar-refractivity contribution in [2.75, 3.05) is 0 Å². The van der Waals surface area contributed by atoms with Crippen molar-refractivity contribution < 1.29 is 5.11 Å². The lowest BCUT2D eigenvalue weighted by Crippen LogP contribution is -1.96. The van der Waals surface area contributed by atoms with Gasteiger partial charge in [0.1, 0.15) is 5.75 Å². The Morgan fingerprint density at radius 1 is 1.25 bits per heavy atom. The van der Waals surface area contributed by atoms with Crippen LogP contribution in [0.25, 0.3) is 0 Å². The summed E-state index contributed by atoms with van der Waals surface area (Å²) in [5.74, 6) is 1.08. The monoisotopic (exact) mass is 164 g/mol. The molecule has 66 valence electrons. The van der Waals surface area contributed by atoms with E-state index < -0.39 is 0 Å². The van der Waals surface area contributed by atoms with Crippen LogP contribution in [-0.2, 0) is 6.42 Å². The highest BCUT2D eigenvalue weighted by Crippen LogP contribution is 2.14. The van der Waals surface area contributed by atoms with Gasteiger partial charge in [-0.3, -0.25) is 0 Å². The van der Waals surface area contributed by atoms with Crippen LogP contribution < -0.4 is 0 Å². The van der Waals surface area contributed by atoms with Crippen LogP contribution in [0.5, 0.6) is 5.75 Å². The zero-order valence-corrected chi connectivity index (χ0v) is 7.75. The Morgan fingerprint density at radius 3 is 2.33 bits per heavy atom. The molecular weight excluding hydrogens is 148 g/mol. The third-order valence-electron chi connectivity index (χ3n) is 2.22. The van der Waals surface area contributed by atoms with Crippen LogP contribution in [-0.4, -0.2) is 5.11 Å². The van der Waals surface area contributed by atoms with Crippen LogP contribution in [0.3, 0.4) is 0 Å². The van der Waals surface area contributed by atoms with Gasteiger partial charge in [-0.25, -0.2) is 0 Å². The van der Waals surface area contributed by atoms with Gasteiger partial charge in [0.25, 0.3) is 0 Å². The lowest BCUT2D eigenvalue weighted by atomic mass is 9.99. The first kappa shape index (κ1) is 9.11. The Bertz CT molecular complexity index is 225. The van der Waals surface area contributed by atoms with Gasteiger partial charge in [0, 0.05) is 0 Å². The third kappa shape index (κ3) is 2.57. The summed E-state index contributed by atoms with van der Waals surface area (Å²) < 4.78 is 0. The molecule has 0 radical (unpaired) electrons. The highest BCUT2D eigenvalue weighted by Gasteiger charge is 2.00. The van der Waals surface area contributed by atoms with E-state index in [-0.39, 0.29) is 0 Å². The summed E-state index contributed by atoms with van der Waals surface area (Å²) in [6.07, 6.45) is 2.32. The zero-order chi connectivity index (χ0) is 8.97. The van der Waals surface area contributed by atoms with Gasteiger partial charge in [-0.2, -0.15) is 0 Å². The summed E-state index contributed by atoms with van der Waals surface area (Å²) >= 11 is 0. The minimum absolute atomic E-state index is 0.350. The molecule has 1 N–H and O–H groups in total. The molecule has 0 aromatic heterocycles. The molecule has 0 bridgehead atoms. The molecule has 12 heavy (non-hydrogen) atoms. The number of phenolic OH excluding ortho intramolecular Hbond substituents is 1.